The Labute approximate surface area is 96.2 Å². The van der Waals surface area contributed by atoms with Crippen LogP contribution < -0.4 is 0 Å². The molecule has 0 spiro atoms. The van der Waals surface area contributed by atoms with E-state index in [-0.39, 0.29) is 4.90 Å². The molecular formula is C12H14O3S. The molecule has 0 aliphatic carbocycles. The molecule has 86 valence electrons. The van der Waals surface area contributed by atoms with Gasteiger partial charge in [0.05, 0.1) is 4.90 Å². The van der Waals surface area contributed by atoms with Crippen molar-refractivity contribution < 1.29 is 13.0 Å². The molecular weight excluding hydrogens is 224 g/mol. The lowest BCUT2D eigenvalue weighted by Crippen LogP contribution is -1.97. The molecule has 1 N–H and O–H groups in total. The normalized spacial score (nSPS) is 11.0. The van der Waals surface area contributed by atoms with Crippen LogP contribution in [-0.4, -0.2) is 13.0 Å². The van der Waals surface area contributed by atoms with Gasteiger partial charge in [0.2, 0.25) is 0 Å². The van der Waals surface area contributed by atoms with Crippen LogP contribution in [0.25, 0.3) is 0 Å². The van der Waals surface area contributed by atoms with E-state index < -0.39 is 10.1 Å². The van der Waals surface area contributed by atoms with Gasteiger partial charge in [-0.1, -0.05) is 12.1 Å². The van der Waals surface area contributed by atoms with Gasteiger partial charge >= 0.3 is 0 Å². The van der Waals surface area contributed by atoms with E-state index in [0.717, 1.165) is 31.2 Å². The van der Waals surface area contributed by atoms with E-state index >= 15 is 0 Å². The second-order valence-electron chi connectivity index (χ2n) is 3.53. The highest BCUT2D eigenvalue weighted by atomic mass is 32.2. The third-order valence-electron chi connectivity index (χ3n) is 2.26. The van der Waals surface area contributed by atoms with Crippen molar-refractivity contribution in [3.8, 4) is 12.3 Å². The molecule has 0 aliphatic heterocycles. The van der Waals surface area contributed by atoms with Crippen molar-refractivity contribution in [2.45, 2.75) is 30.6 Å². The number of benzene rings is 1. The second kappa shape index (κ2) is 5.69. The zero-order chi connectivity index (χ0) is 12.0. The van der Waals surface area contributed by atoms with E-state index in [0.29, 0.717) is 0 Å². The molecule has 16 heavy (non-hydrogen) atoms. The second-order valence-corrected chi connectivity index (χ2v) is 4.95. The summed E-state index contributed by atoms with van der Waals surface area (Å²) in [5.41, 5.74) is 1.05. The summed E-state index contributed by atoms with van der Waals surface area (Å²) in [4.78, 5) is -0.0696. The molecule has 0 saturated carbocycles. The first kappa shape index (κ1) is 12.8. The van der Waals surface area contributed by atoms with Gasteiger partial charge < -0.3 is 0 Å². The maximum Gasteiger partial charge on any atom is 0.294 e. The lowest BCUT2D eigenvalue weighted by molar-refractivity contribution is 0.483. The molecule has 0 amide bonds. The quantitative estimate of drug-likeness (QED) is 0.486. The van der Waals surface area contributed by atoms with Crippen molar-refractivity contribution in [1.82, 2.24) is 0 Å². The van der Waals surface area contributed by atoms with Crippen molar-refractivity contribution >= 4 is 10.1 Å². The molecule has 1 aromatic carbocycles. The molecule has 0 aromatic heterocycles. The van der Waals surface area contributed by atoms with Gasteiger partial charge in [-0.2, -0.15) is 8.42 Å². The predicted octanol–water partition coefficient (Wildman–Crippen LogP) is 2.28. The largest absolute Gasteiger partial charge is 0.294 e. The van der Waals surface area contributed by atoms with Crippen molar-refractivity contribution in [3.63, 3.8) is 0 Å². The molecule has 0 heterocycles. The van der Waals surface area contributed by atoms with Gasteiger partial charge in [0.1, 0.15) is 0 Å². The molecule has 0 unspecified atom stereocenters. The lowest BCUT2D eigenvalue weighted by Gasteiger charge is -2.01. The molecule has 0 saturated heterocycles. The van der Waals surface area contributed by atoms with Crippen LogP contribution in [0.2, 0.25) is 0 Å². The highest BCUT2D eigenvalue weighted by Gasteiger charge is 2.07. The van der Waals surface area contributed by atoms with Crippen LogP contribution in [0.4, 0.5) is 0 Å². The van der Waals surface area contributed by atoms with Crippen molar-refractivity contribution in [2.24, 2.45) is 0 Å². The summed E-state index contributed by atoms with van der Waals surface area (Å²) in [6.07, 6.45) is 8.72. The fourth-order valence-corrected chi connectivity index (χ4v) is 1.86. The minimum atomic E-state index is -4.08. The van der Waals surface area contributed by atoms with Gasteiger partial charge in [-0.3, -0.25) is 4.55 Å². The first-order valence-electron chi connectivity index (χ1n) is 5.04. The van der Waals surface area contributed by atoms with E-state index in [4.69, 9.17) is 11.0 Å². The van der Waals surface area contributed by atoms with E-state index in [9.17, 15) is 8.42 Å². The Morgan fingerprint density at radius 2 is 1.81 bits per heavy atom. The first-order valence-corrected chi connectivity index (χ1v) is 6.48. The summed E-state index contributed by atoms with van der Waals surface area (Å²) >= 11 is 0. The molecule has 0 radical (unpaired) electrons. The topological polar surface area (TPSA) is 54.4 Å². The zero-order valence-corrected chi connectivity index (χ0v) is 9.70. The summed E-state index contributed by atoms with van der Waals surface area (Å²) in [6, 6.07) is 6.23. The van der Waals surface area contributed by atoms with Gasteiger partial charge in [0.15, 0.2) is 0 Å². The fourth-order valence-electron chi connectivity index (χ4n) is 1.38. The summed E-state index contributed by atoms with van der Waals surface area (Å²) in [7, 11) is -4.08. The molecule has 0 atom stereocenters. The Morgan fingerprint density at radius 3 is 2.31 bits per heavy atom. The summed E-state index contributed by atoms with van der Waals surface area (Å²) < 4.78 is 30.3. The average molecular weight is 238 g/mol. The third-order valence-corrected chi connectivity index (χ3v) is 3.13. The highest BCUT2D eigenvalue weighted by molar-refractivity contribution is 7.85. The van der Waals surface area contributed by atoms with E-state index in [1.54, 1.807) is 12.1 Å². The fraction of sp³-hybridized carbons (Fsp3) is 0.333. The number of aryl methyl sites for hydroxylation is 1. The van der Waals surface area contributed by atoms with Gasteiger partial charge in [-0.15, -0.1) is 12.3 Å². The van der Waals surface area contributed by atoms with E-state index in [2.05, 4.69) is 5.92 Å². The Bertz CT molecular complexity index is 466. The summed E-state index contributed by atoms with van der Waals surface area (Å²) in [5.74, 6) is 2.57. The molecule has 3 nitrogen and oxygen atoms in total. The van der Waals surface area contributed by atoms with Gasteiger partial charge in [-0.25, -0.2) is 0 Å². The van der Waals surface area contributed by atoms with Gasteiger partial charge in [0.25, 0.3) is 10.1 Å². The minimum absolute atomic E-state index is 0.0696. The van der Waals surface area contributed by atoms with Crippen LogP contribution in [0.5, 0.6) is 0 Å². The maximum absolute atomic E-state index is 10.8. The van der Waals surface area contributed by atoms with E-state index in [1.807, 2.05) is 0 Å². The van der Waals surface area contributed by atoms with Gasteiger partial charge in [-0.05, 0) is 37.0 Å². The summed E-state index contributed by atoms with van der Waals surface area (Å²) in [6.45, 7) is 0. The smallest absolute Gasteiger partial charge is 0.282 e. The number of hydrogen-bond acceptors (Lipinski definition) is 2. The SMILES string of the molecule is C#CCCCCc1ccc(S(=O)(=O)O)cc1. The standard InChI is InChI=1S/C12H14O3S/c1-2-3-4-5-6-11-7-9-12(10-8-11)16(13,14)15/h1,7-10H,3-6H2,(H,13,14,15). The zero-order valence-electron chi connectivity index (χ0n) is 8.89. The molecule has 1 aromatic rings. The molecule has 4 heteroatoms. The van der Waals surface area contributed by atoms with Crippen molar-refractivity contribution in [1.29, 1.82) is 0 Å². The Morgan fingerprint density at radius 1 is 1.19 bits per heavy atom. The Balaban J connectivity index is 2.56. The first-order chi connectivity index (χ1) is 7.54. The predicted molar refractivity (Wildman–Crippen MR) is 62.6 cm³/mol. The Hall–Kier alpha value is -1.31. The number of unbranched alkanes of at least 4 members (excludes halogenated alkanes) is 2. The number of hydrogen-bond donors (Lipinski definition) is 1. The third kappa shape index (κ3) is 4.05. The Kier molecular flexibility index (Phi) is 4.53. The molecule has 0 fully saturated rings. The average Bonchev–Trinajstić information content (AvgIpc) is 2.24. The number of rotatable bonds is 5. The minimum Gasteiger partial charge on any atom is -0.282 e. The van der Waals surface area contributed by atoms with Crippen molar-refractivity contribution in [2.75, 3.05) is 0 Å². The highest BCUT2D eigenvalue weighted by Crippen LogP contribution is 2.12. The van der Waals surface area contributed by atoms with Crippen LogP contribution in [0.3, 0.4) is 0 Å². The van der Waals surface area contributed by atoms with E-state index in [1.165, 1.54) is 12.1 Å². The molecule has 0 aliphatic rings. The number of terminal acetylenes is 1. The van der Waals surface area contributed by atoms with Crippen LogP contribution >= 0.6 is 0 Å². The van der Waals surface area contributed by atoms with Crippen LogP contribution in [0.15, 0.2) is 29.2 Å². The molecule has 0 bridgehead atoms. The summed E-state index contributed by atoms with van der Waals surface area (Å²) in [5, 5.41) is 0. The van der Waals surface area contributed by atoms with Gasteiger partial charge in [0, 0.05) is 6.42 Å². The van der Waals surface area contributed by atoms with Crippen LogP contribution in [-0.2, 0) is 16.5 Å². The van der Waals surface area contributed by atoms with Crippen molar-refractivity contribution in [3.05, 3.63) is 29.8 Å². The lowest BCUT2D eigenvalue weighted by atomic mass is 10.1. The molecule has 1 rings (SSSR count). The monoisotopic (exact) mass is 238 g/mol. The maximum atomic E-state index is 10.8. The van der Waals surface area contributed by atoms with Crippen LogP contribution in [0.1, 0.15) is 24.8 Å². The van der Waals surface area contributed by atoms with Crippen LogP contribution in [0, 0.1) is 12.3 Å².